The van der Waals surface area contributed by atoms with Gasteiger partial charge < -0.3 is 94.3 Å². The Labute approximate surface area is 565 Å². The Balaban J connectivity index is 1.21. The fraction of sp³-hybridized carbons (Fsp3) is 0.471. The number of hydrogen-bond donors (Lipinski definition) is 18. The molecule has 30 heteroatoms. The number of aromatic nitrogens is 3. The third kappa shape index (κ3) is 21.1. The van der Waals surface area contributed by atoms with Crippen molar-refractivity contribution in [2.45, 2.75) is 186 Å². The van der Waals surface area contributed by atoms with E-state index >= 15 is 0 Å². The molecule has 0 spiro atoms. The smallest absolute Gasteiger partial charge is 0.326 e. The van der Waals surface area contributed by atoms with Gasteiger partial charge in [-0.1, -0.05) is 96.1 Å². The molecule has 530 valence electrons. The van der Waals surface area contributed by atoms with Gasteiger partial charge in [0.25, 0.3) is 0 Å². The van der Waals surface area contributed by atoms with Crippen LogP contribution in [0.5, 0.6) is 0 Å². The van der Waals surface area contributed by atoms with Gasteiger partial charge in [-0.15, -0.1) is 0 Å². The number of carboxylic acid groups (broad SMARTS) is 2. The van der Waals surface area contributed by atoms with Crippen LogP contribution in [0.25, 0.3) is 32.7 Å². The van der Waals surface area contributed by atoms with E-state index in [0.717, 1.165) is 41.2 Å². The Morgan fingerprint density at radius 2 is 0.724 bits per heavy atom. The van der Waals surface area contributed by atoms with Crippen molar-refractivity contribution in [2.24, 2.45) is 23.5 Å². The molecule has 10 amide bonds. The van der Waals surface area contributed by atoms with Crippen LogP contribution in [0.2, 0.25) is 0 Å². The summed E-state index contributed by atoms with van der Waals surface area (Å²) in [5, 5.41) is 68.4. The second kappa shape index (κ2) is 35.2. The van der Waals surface area contributed by atoms with Crippen LogP contribution in [0.4, 0.5) is 0 Å². The number of H-pyrrole nitrogens is 3. The van der Waals surface area contributed by atoms with Gasteiger partial charge in [0.15, 0.2) is 0 Å². The number of hydrogen-bond acceptors (Lipinski definition) is 15. The van der Waals surface area contributed by atoms with Crippen LogP contribution in [0.15, 0.2) is 91.4 Å². The number of carboxylic acids is 2. The second-order valence-electron chi connectivity index (χ2n) is 25.8. The quantitative estimate of drug-likeness (QED) is 0.0254. The first-order valence-corrected chi connectivity index (χ1v) is 32.5. The fourth-order valence-corrected chi connectivity index (χ4v) is 11.1. The number of nitrogens with two attached hydrogens (primary N) is 1. The molecule has 3 heterocycles. The topological polar surface area (TPSA) is 479 Å². The van der Waals surface area contributed by atoms with E-state index in [1.54, 1.807) is 90.5 Å². The predicted octanol–water partition coefficient (Wildman–Crippen LogP) is 0.443. The number of fused-ring (bicyclic) bond motifs is 3. The van der Waals surface area contributed by atoms with Gasteiger partial charge >= 0.3 is 11.9 Å². The third-order valence-corrected chi connectivity index (χ3v) is 16.6. The number of rotatable bonds is 36. The number of benzene rings is 3. The van der Waals surface area contributed by atoms with Crippen LogP contribution in [-0.4, -0.2) is 185 Å². The highest BCUT2D eigenvalue weighted by molar-refractivity contribution is 6.00. The lowest BCUT2D eigenvalue weighted by molar-refractivity contribution is -0.143. The number of aliphatic hydroxyl groups excluding tert-OH is 2. The van der Waals surface area contributed by atoms with E-state index in [0.29, 0.717) is 22.0 Å². The van der Waals surface area contributed by atoms with Gasteiger partial charge in [-0.05, 0) is 99.6 Å². The van der Waals surface area contributed by atoms with Crippen molar-refractivity contribution in [1.82, 2.24) is 68.1 Å². The summed E-state index contributed by atoms with van der Waals surface area (Å²) in [7, 11) is 0. The lowest BCUT2D eigenvalue weighted by atomic mass is 9.98. The molecule has 13 atom stereocenters. The summed E-state index contributed by atoms with van der Waals surface area (Å²) in [5.74, 6) is -13.8. The minimum atomic E-state index is -1.91. The monoisotopic (exact) mass is 1360 g/mol. The van der Waals surface area contributed by atoms with Crippen molar-refractivity contribution in [3.8, 4) is 0 Å². The molecule has 3 aromatic carbocycles. The number of para-hydroxylation sites is 3. The van der Waals surface area contributed by atoms with Crippen molar-refractivity contribution < 1.29 is 78.0 Å². The van der Waals surface area contributed by atoms with Crippen molar-refractivity contribution in [3.05, 3.63) is 108 Å². The summed E-state index contributed by atoms with van der Waals surface area (Å²) in [6, 6.07) is 5.66. The van der Waals surface area contributed by atoms with Crippen molar-refractivity contribution in [3.63, 3.8) is 0 Å². The maximum Gasteiger partial charge on any atom is 0.326 e. The summed E-state index contributed by atoms with van der Waals surface area (Å²) < 4.78 is 0. The zero-order valence-corrected chi connectivity index (χ0v) is 56.4. The fourth-order valence-electron chi connectivity index (χ4n) is 11.1. The van der Waals surface area contributed by atoms with Crippen LogP contribution in [0.1, 0.15) is 105 Å². The highest BCUT2D eigenvalue weighted by atomic mass is 16.4. The third-order valence-electron chi connectivity index (χ3n) is 16.6. The number of carbonyl (C=O) groups is 12. The molecule has 19 N–H and O–H groups in total. The average Bonchev–Trinajstić information content (AvgIpc) is 1.61. The Morgan fingerprint density at radius 1 is 0.388 bits per heavy atom. The van der Waals surface area contributed by atoms with E-state index in [9.17, 15) is 78.0 Å². The maximum atomic E-state index is 14.9. The minimum Gasteiger partial charge on any atom is -0.481 e. The molecule has 0 saturated heterocycles. The number of aromatic amines is 3. The lowest BCUT2D eigenvalue weighted by Crippen LogP contribution is -2.63. The highest BCUT2D eigenvalue weighted by Gasteiger charge is 2.39. The minimum absolute atomic E-state index is 0.0921. The molecule has 3 aromatic heterocycles. The van der Waals surface area contributed by atoms with Gasteiger partial charge in [0, 0.05) is 70.6 Å². The zero-order chi connectivity index (χ0) is 72.4. The molecule has 0 aliphatic heterocycles. The van der Waals surface area contributed by atoms with E-state index in [2.05, 4.69) is 68.1 Å². The van der Waals surface area contributed by atoms with E-state index < -0.39 is 174 Å². The summed E-state index contributed by atoms with van der Waals surface area (Å²) >= 11 is 0. The van der Waals surface area contributed by atoms with Crippen molar-refractivity contribution in [2.75, 3.05) is 0 Å². The molecule has 30 nitrogen and oxygen atoms in total. The molecule has 0 saturated carbocycles. The van der Waals surface area contributed by atoms with E-state index in [1.807, 2.05) is 42.5 Å². The normalized spacial score (nSPS) is 15.6. The average molecular weight is 1360 g/mol. The number of amides is 10. The largest absolute Gasteiger partial charge is 0.481 e. The lowest BCUT2D eigenvalue weighted by Gasteiger charge is -2.30. The van der Waals surface area contributed by atoms with Crippen LogP contribution in [-0.2, 0) is 76.8 Å². The summed E-state index contributed by atoms with van der Waals surface area (Å²) in [5.41, 5.74) is 10.6. The molecule has 6 aromatic rings. The van der Waals surface area contributed by atoms with Gasteiger partial charge in [0.2, 0.25) is 59.1 Å². The van der Waals surface area contributed by atoms with Crippen LogP contribution >= 0.6 is 0 Å². The molecular formula is C68H92N14O16. The molecule has 0 fully saturated rings. The van der Waals surface area contributed by atoms with Crippen molar-refractivity contribution in [1.29, 1.82) is 0 Å². The van der Waals surface area contributed by atoms with E-state index in [1.165, 1.54) is 13.8 Å². The Kier molecular flexibility index (Phi) is 27.6. The summed E-state index contributed by atoms with van der Waals surface area (Å²) in [6.45, 7) is 14.7. The standard InChI is InChI=1S/C68H92N14O16/c1-32(2)25-50(63(92)82-57(38(10)84)67(96)75-49(23-24-53(85)86)61(90)81-56(37(9)83)66(95)74-36(8)59(88)80-55(34(5)6)68(97)98)77-62(91)51(27-40-30-71-47-21-15-12-18-43(40)47)78-65(94)54(33(3)4)79-64(93)52(28-41-31-72-48-22-16-13-19-44(41)48)76-58(87)35(7)73-60(89)45(69)26-39-29-70-46-20-14-11-17-42(39)46/h11-22,29-38,45,49-52,54-57,70-72,83-84H,23-28,69H2,1-10H3,(H,73,89)(H,74,95)(H,75,96)(H,76,87)(H,77,91)(H,78,94)(H,79,93)(H,80,88)(H,81,90)(H,82,92)(H,85,86)(H,97,98)/t35-,36-,37+,38+,45-,49-,50-,51-,52-,54-,55-,56-,57-/m0/s1. The first-order valence-electron chi connectivity index (χ1n) is 32.5. The van der Waals surface area contributed by atoms with Crippen molar-refractivity contribution >= 4 is 104 Å². The number of aliphatic hydroxyl groups is 2. The number of carbonyl (C=O) groups excluding carboxylic acids is 10. The zero-order valence-electron chi connectivity index (χ0n) is 56.4. The van der Waals surface area contributed by atoms with E-state index in [4.69, 9.17) is 5.73 Å². The van der Waals surface area contributed by atoms with Crippen LogP contribution in [0.3, 0.4) is 0 Å². The number of aliphatic carboxylic acids is 2. The molecule has 98 heavy (non-hydrogen) atoms. The molecule has 0 aliphatic rings. The Bertz CT molecular complexity index is 3840. The molecular weight excluding hydrogens is 1270 g/mol. The van der Waals surface area contributed by atoms with Crippen LogP contribution in [0, 0.1) is 17.8 Å². The van der Waals surface area contributed by atoms with Gasteiger partial charge in [-0.25, -0.2) is 4.79 Å². The predicted molar refractivity (Wildman–Crippen MR) is 362 cm³/mol. The first-order chi connectivity index (χ1) is 46.2. The second-order valence-corrected chi connectivity index (χ2v) is 25.8. The number of nitrogens with one attached hydrogen (secondary N) is 13. The molecule has 0 bridgehead atoms. The van der Waals surface area contributed by atoms with Gasteiger partial charge in [0.05, 0.1) is 18.2 Å². The SMILES string of the molecule is CC(C)C[C@H](NC(=O)[C@H](Cc1c[nH]c2ccccc12)NC(=O)[C@@H](NC(=O)[C@H](Cc1c[nH]c2ccccc12)NC(=O)[C@H](C)NC(=O)[C@@H](N)Cc1c[nH]c2ccccc12)C(C)C)C(=O)N[C@H](C(=O)N[C@@H](CCC(=O)O)C(=O)N[C@H](C(=O)N[C@@H](C)C(=O)N[C@H](C(=O)O)C(C)C)[C@@H](C)O)[C@@H](C)O. The van der Waals surface area contributed by atoms with E-state index in [-0.39, 0.29) is 31.6 Å². The molecule has 0 aliphatic carbocycles. The summed E-state index contributed by atoms with van der Waals surface area (Å²) in [4.78, 5) is 174. The van der Waals surface area contributed by atoms with Gasteiger partial charge in [-0.2, -0.15) is 0 Å². The Hall–Kier alpha value is -10.2. The molecule has 6 rings (SSSR count). The first kappa shape index (κ1) is 76.8. The highest BCUT2D eigenvalue weighted by Crippen LogP contribution is 2.23. The van der Waals surface area contributed by atoms with Crippen LogP contribution < -0.4 is 58.9 Å². The summed E-state index contributed by atoms with van der Waals surface area (Å²) in [6.07, 6.45) is 0.0715. The van der Waals surface area contributed by atoms with Gasteiger partial charge in [0.1, 0.15) is 60.4 Å². The Morgan fingerprint density at radius 3 is 1.15 bits per heavy atom. The maximum absolute atomic E-state index is 14.9. The molecule has 0 unspecified atom stereocenters. The molecule has 0 radical (unpaired) electrons. The van der Waals surface area contributed by atoms with Gasteiger partial charge in [-0.3, -0.25) is 52.7 Å².